The monoisotopic (exact) mass is 333 g/mol. The molecule has 2 aromatic rings. The van der Waals surface area contributed by atoms with Crippen molar-refractivity contribution in [3.63, 3.8) is 0 Å². The smallest absolute Gasteiger partial charge is 0.247 e. The van der Waals surface area contributed by atoms with E-state index in [1.807, 2.05) is 24.3 Å². The first-order chi connectivity index (χ1) is 11.1. The molecule has 3 heterocycles. The van der Waals surface area contributed by atoms with Gasteiger partial charge in [0.2, 0.25) is 10.0 Å². The number of ether oxygens (including phenoxy) is 3. The molecule has 2 atom stereocenters. The molecular formula is C16H15NO5S. The lowest BCUT2D eigenvalue weighted by Crippen LogP contribution is -2.43. The van der Waals surface area contributed by atoms with Gasteiger partial charge in [-0.15, -0.1) is 0 Å². The van der Waals surface area contributed by atoms with Crippen LogP contribution in [0.1, 0.15) is 5.56 Å². The van der Waals surface area contributed by atoms with Crippen LogP contribution in [-0.2, 0) is 21.4 Å². The zero-order valence-corrected chi connectivity index (χ0v) is 13.0. The van der Waals surface area contributed by atoms with Crippen LogP contribution >= 0.6 is 0 Å². The lowest BCUT2D eigenvalue weighted by atomic mass is 10.2. The summed E-state index contributed by atoms with van der Waals surface area (Å²) >= 11 is 0. The number of sulfonamides is 1. The summed E-state index contributed by atoms with van der Waals surface area (Å²) in [6, 6.07) is 14.2. The molecule has 2 bridgehead atoms. The number of epoxide rings is 1. The Labute approximate surface area is 134 Å². The highest BCUT2D eigenvalue weighted by molar-refractivity contribution is 7.89. The maximum absolute atomic E-state index is 12.6. The summed E-state index contributed by atoms with van der Waals surface area (Å²) in [7, 11) is -3.77. The molecule has 1 saturated heterocycles. The molecule has 3 aliphatic heterocycles. The van der Waals surface area contributed by atoms with Crippen LogP contribution in [0.25, 0.3) is 0 Å². The van der Waals surface area contributed by atoms with Gasteiger partial charge in [0.15, 0.2) is 6.23 Å². The zero-order valence-electron chi connectivity index (χ0n) is 12.1. The fourth-order valence-electron chi connectivity index (χ4n) is 2.40. The van der Waals surface area contributed by atoms with Crippen LogP contribution in [0.3, 0.4) is 0 Å². The van der Waals surface area contributed by atoms with Gasteiger partial charge < -0.3 is 14.2 Å². The van der Waals surface area contributed by atoms with Crippen molar-refractivity contribution in [2.75, 3.05) is 6.61 Å². The van der Waals surface area contributed by atoms with E-state index in [2.05, 4.69) is 4.72 Å². The first kappa shape index (κ1) is 14.5. The predicted octanol–water partition coefficient (Wildman–Crippen LogP) is 1.66. The highest BCUT2D eigenvalue weighted by atomic mass is 32.2. The fraction of sp³-hybridized carbons (Fsp3) is 0.250. The van der Waals surface area contributed by atoms with Crippen LogP contribution < -0.4 is 14.2 Å². The molecule has 7 heteroatoms. The number of rotatable bonds is 6. The number of benzene rings is 2. The summed E-state index contributed by atoms with van der Waals surface area (Å²) in [5, 5.41) is 0. The molecule has 0 radical (unpaired) electrons. The standard InChI is InChI=1S/C16H15NO5S/c18-23(19,15-8-11-6-7-13(15)20-9-11)17-16(14-10-21-14)22-12-4-2-1-3-5-12/h1-8,14,16-17H,9-10H2/t14-,16?/m0/s1. The number of hydrogen-bond acceptors (Lipinski definition) is 5. The summed E-state index contributed by atoms with van der Waals surface area (Å²) in [5.41, 5.74) is 0.823. The van der Waals surface area contributed by atoms with Gasteiger partial charge in [-0.3, -0.25) is 0 Å². The van der Waals surface area contributed by atoms with Crippen LogP contribution in [0.5, 0.6) is 11.5 Å². The van der Waals surface area contributed by atoms with E-state index in [1.54, 1.807) is 24.3 Å². The van der Waals surface area contributed by atoms with Crippen molar-refractivity contribution in [3.05, 3.63) is 54.1 Å². The van der Waals surface area contributed by atoms with E-state index in [4.69, 9.17) is 14.2 Å². The maximum atomic E-state index is 12.6. The molecular weight excluding hydrogens is 318 g/mol. The normalized spacial score (nSPS) is 19.9. The van der Waals surface area contributed by atoms with Gasteiger partial charge in [0.25, 0.3) is 0 Å². The Morgan fingerprint density at radius 1 is 1.17 bits per heavy atom. The Morgan fingerprint density at radius 3 is 2.52 bits per heavy atom. The molecule has 2 aromatic carbocycles. The van der Waals surface area contributed by atoms with E-state index in [1.165, 1.54) is 0 Å². The van der Waals surface area contributed by atoms with E-state index < -0.39 is 16.3 Å². The van der Waals surface area contributed by atoms with Crippen molar-refractivity contribution in [2.45, 2.75) is 23.8 Å². The van der Waals surface area contributed by atoms with Crippen molar-refractivity contribution in [1.82, 2.24) is 4.72 Å². The van der Waals surface area contributed by atoms with Gasteiger partial charge in [-0.2, -0.15) is 4.72 Å². The maximum Gasteiger partial charge on any atom is 0.247 e. The van der Waals surface area contributed by atoms with Crippen molar-refractivity contribution in [3.8, 4) is 11.5 Å². The van der Waals surface area contributed by atoms with Crippen LogP contribution in [0.2, 0.25) is 0 Å². The van der Waals surface area contributed by atoms with E-state index in [9.17, 15) is 8.42 Å². The van der Waals surface area contributed by atoms with Gasteiger partial charge in [0.05, 0.1) is 6.61 Å². The van der Waals surface area contributed by atoms with Gasteiger partial charge >= 0.3 is 0 Å². The Hall–Kier alpha value is -2.09. The van der Waals surface area contributed by atoms with Crippen molar-refractivity contribution in [1.29, 1.82) is 0 Å². The largest absolute Gasteiger partial charge is 0.487 e. The third-order valence-electron chi connectivity index (χ3n) is 3.67. The van der Waals surface area contributed by atoms with Gasteiger partial charge in [-0.25, -0.2) is 8.42 Å². The average molecular weight is 333 g/mol. The number of fused-ring (bicyclic) bond motifs is 3. The van der Waals surface area contributed by atoms with Crippen LogP contribution in [-0.4, -0.2) is 27.4 Å². The van der Waals surface area contributed by atoms with E-state index in [0.717, 1.165) is 5.56 Å². The molecule has 0 aromatic heterocycles. The third kappa shape index (κ3) is 3.03. The third-order valence-corrected chi connectivity index (χ3v) is 5.11. The zero-order chi connectivity index (χ0) is 15.9. The molecule has 1 N–H and O–H groups in total. The summed E-state index contributed by atoms with van der Waals surface area (Å²) in [4.78, 5) is 0.128. The topological polar surface area (TPSA) is 77.2 Å². The van der Waals surface area contributed by atoms with Crippen LogP contribution in [0.4, 0.5) is 0 Å². The minimum absolute atomic E-state index is 0.128. The van der Waals surface area contributed by atoms with Crippen LogP contribution in [0.15, 0.2) is 53.4 Å². The minimum Gasteiger partial charge on any atom is -0.487 e. The highest BCUT2D eigenvalue weighted by Gasteiger charge is 2.38. The Morgan fingerprint density at radius 2 is 1.96 bits per heavy atom. The minimum atomic E-state index is -3.77. The second kappa shape index (κ2) is 5.52. The quantitative estimate of drug-likeness (QED) is 0.643. The van der Waals surface area contributed by atoms with Gasteiger partial charge in [-0.1, -0.05) is 24.3 Å². The average Bonchev–Trinajstić information content (AvgIpc) is 3.41. The molecule has 0 spiro atoms. The summed E-state index contributed by atoms with van der Waals surface area (Å²) in [5.74, 6) is 0.927. The molecule has 1 unspecified atom stereocenters. The Balaban J connectivity index is 1.58. The molecule has 5 rings (SSSR count). The van der Waals surface area contributed by atoms with Crippen LogP contribution in [0, 0.1) is 0 Å². The Bertz CT molecular complexity index is 818. The molecule has 0 aliphatic carbocycles. The Kier molecular flexibility index (Phi) is 3.48. The second-order valence-corrected chi connectivity index (χ2v) is 7.10. The van der Waals surface area contributed by atoms with Gasteiger partial charge in [0.1, 0.15) is 29.1 Å². The van der Waals surface area contributed by atoms with E-state index >= 15 is 0 Å². The van der Waals surface area contributed by atoms with E-state index in [-0.39, 0.29) is 11.0 Å². The molecule has 6 nitrogen and oxygen atoms in total. The summed E-state index contributed by atoms with van der Waals surface area (Å²) in [6.07, 6.45) is -1.07. The second-order valence-electron chi connectivity index (χ2n) is 5.41. The lowest BCUT2D eigenvalue weighted by molar-refractivity contribution is 0.149. The SMILES string of the molecule is O=S(=O)(NC(Oc1ccccc1)[C@@H]1CO1)c1cc2ccc1OC2. The number of nitrogens with one attached hydrogen (secondary N) is 1. The van der Waals surface area contributed by atoms with Gasteiger partial charge in [0, 0.05) is 0 Å². The summed E-state index contributed by atoms with van der Waals surface area (Å²) in [6.45, 7) is 0.865. The van der Waals surface area contributed by atoms with Crippen molar-refractivity contribution >= 4 is 10.0 Å². The molecule has 23 heavy (non-hydrogen) atoms. The summed E-state index contributed by atoms with van der Waals surface area (Å²) < 4.78 is 44.2. The molecule has 0 amide bonds. The lowest BCUT2D eigenvalue weighted by Gasteiger charge is -2.22. The van der Waals surface area contributed by atoms with E-state index in [0.29, 0.717) is 24.7 Å². The predicted molar refractivity (Wildman–Crippen MR) is 81.7 cm³/mol. The first-order valence-corrected chi connectivity index (χ1v) is 8.71. The molecule has 3 aliphatic rings. The number of para-hydroxylation sites is 1. The van der Waals surface area contributed by atoms with Gasteiger partial charge in [-0.05, 0) is 29.8 Å². The molecule has 1 fully saturated rings. The number of hydrogen-bond donors (Lipinski definition) is 1. The highest BCUT2D eigenvalue weighted by Crippen LogP contribution is 2.31. The van der Waals surface area contributed by atoms with Crippen molar-refractivity contribution in [2.24, 2.45) is 0 Å². The molecule has 120 valence electrons. The van der Waals surface area contributed by atoms with Crippen molar-refractivity contribution < 1.29 is 22.6 Å². The molecule has 0 saturated carbocycles. The fourth-order valence-corrected chi connectivity index (χ4v) is 3.73. The first-order valence-electron chi connectivity index (χ1n) is 7.23.